The number of hydrogen-bond donors (Lipinski definition) is 1. The van der Waals surface area contributed by atoms with Gasteiger partial charge in [-0.2, -0.15) is 0 Å². The Bertz CT molecular complexity index is 895. The van der Waals surface area contributed by atoms with Crippen LogP contribution in [0, 0.1) is 5.92 Å². The molecule has 4 rings (SSSR count). The number of fused-ring (bicyclic) bond motifs is 1. The molecule has 0 spiro atoms. The van der Waals surface area contributed by atoms with Gasteiger partial charge in [-0.1, -0.05) is 24.3 Å². The molecule has 24 heavy (non-hydrogen) atoms. The molecule has 1 aromatic carbocycles. The van der Waals surface area contributed by atoms with Gasteiger partial charge in [-0.05, 0) is 43.0 Å². The van der Waals surface area contributed by atoms with E-state index in [4.69, 9.17) is 0 Å². The third-order valence-electron chi connectivity index (χ3n) is 4.29. The van der Waals surface area contributed by atoms with Crippen LogP contribution in [0.1, 0.15) is 19.3 Å². The van der Waals surface area contributed by atoms with Gasteiger partial charge in [-0.3, -0.25) is 9.36 Å². The Kier molecular flexibility index (Phi) is 3.83. The van der Waals surface area contributed by atoms with Crippen molar-refractivity contribution in [2.24, 2.45) is 5.92 Å². The summed E-state index contributed by atoms with van der Waals surface area (Å²) in [6, 6.07) is 11.7. The number of amides is 1. The molecule has 2 heterocycles. The standard InChI is InChI=1S/C19H18N4O/c24-19(11-14-5-1-2-6-14)22-15-9-10-18(20-12-15)23-13-21-16-7-3-4-8-17(16)23/h1,3-5,7-10,12-14H,2,6,11H2,(H,22,24). The minimum atomic E-state index is 0.0363. The zero-order chi connectivity index (χ0) is 16.4. The normalized spacial score (nSPS) is 16.6. The largest absolute Gasteiger partial charge is 0.325 e. The van der Waals surface area contributed by atoms with Crippen LogP contribution in [0.25, 0.3) is 16.9 Å². The number of carbonyl (C=O) groups is 1. The van der Waals surface area contributed by atoms with Crippen molar-refractivity contribution in [1.29, 1.82) is 0 Å². The SMILES string of the molecule is O=C(CC1C=CCC1)Nc1ccc(-n2cnc3ccccc32)nc1. The Balaban J connectivity index is 1.48. The fraction of sp³-hybridized carbons (Fsp3) is 0.211. The fourth-order valence-electron chi connectivity index (χ4n) is 3.06. The maximum absolute atomic E-state index is 12.1. The molecule has 0 radical (unpaired) electrons. The van der Waals surface area contributed by atoms with Gasteiger partial charge in [0.15, 0.2) is 0 Å². The smallest absolute Gasteiger partial charge is 0.225 e. The third-order valence-corrected chi connectivity index (χ3v) is 4.29. The fourth-order valence-corrected chi connectivity index (χ4v) is 3.06. The van der Waals surface area contributed by atoms with Crippen LogP contribution in [0.15, 0.2) is 61.1 Å². The molecule has 3 aromatic rings. The molecule has 120 valence electrons. The van der Waals surface area contributed by atoms with E-state index in [0.717, 1.165) is 35.4 Å². The molecular formula is C19H18N4O. The van der Waals surface area contributed by atoms with E-state index < -0.39 is 0 Å². The second kappa shape index (κ2) is 6.28. The Morgan fingerprint density at radius 2 is 2.12 bits per heavy atom. The number of benzene rings is 1. The maximum atomic E-state index is 12.1. The minimum Gasteiger partial charge on any atom is -0.325 e. The molecule has 5 heteroatoms. The summed E-state index contributed by atoms with van der Waals surface area (Å²) >= 11 is 0. The van der Waals surface area contributed by atoms with Crippen LogP contribution in [-0.4, -0.2) is 20.4 Å². The van der Waals surface area contributed by atoms with Crippen LogP contribution in [0.4, 0.5) is 5.69 Å². The van der Waals surface area contributed by atoms with E-state index in [2.05, 4.69) is 27.4 Å². The molecule has 1 aliphatic rings. The molecule has 0 aliphatic heterocycles. The summed E-state index contributed by atoms with van der Waals surface area (Å²) in [5.41, 5.74) is 2.66. The lowest BCUT2D eigenvalue weighted by Gasteiger charge is -2.09. The summed E-state index contributed by atoms with van der Waals surface area (Å²) in [4.78, 5) is 20.9. The van der Waals surface area contributed by atoms with E-state index >= 15 is 0 Å². The Morgan fingerprint density at radius 1 is 1.21 bits per heavy atom. The molecule has 0 fully saturated rings. The molecule has 0 bridgehead atoms. The number of nitrogens with one attached hydrogen (secondary N) is 1. The average molecular weight is 318 g/mol. The summed E-state index contributed by atoms with van der Waals surface area (Å²) in [5, 5.41) is 2.92. The number of pyridine rings is 1. The molecule has 5 nitrogen and oxygen atoms in total. The third kappa shape index (κ3) is 2.93. The first kappa shape index (κ1) is 14.6. The number of imidazole rings is 1. The summed E-state index contributed by atoms with van der Waals surface area (Å²) in [6.45, 7) is 0. The Labute approximate surface area is 140 Å². The van der Waals surface area contributed by atoms with Crippen molar-refractivity contribution in [1.82, 2.24) is 14.5 Å². The predicted molar refractivity (Wildman–Crippen MR) is 94.0 cm³/mol. The van der Waals surface area contributed by atoms with Gasteiger partial charge in [0.25, 0.3) is 0 Å². The molecule has 1 unspecified atom stereocenters. The van der Waals surface area contributed by atoms with Crippen molar-refractivity contribution in [2.45, 2.75) is 19.3 Å². The zero-order valence-electron chi connectivity index (χ0n) is 13.2. The van der Waals surface area contributed by atoms with Crippen LogP contribution in [-0.2, 0) is 4.79 Å². The van der Waals surface area contributed by atoms with Crippen LogP contribution < -0.4 is 5.32 Å². The highest BCUT2D eigenvalue weighted by molar-refractivity contribution is 5.90. The highest BCUT2D eigenvalue weighted by atomic mass is 16.1. The van der Waals surface area contributed by atoms with E-state index in [0.29, 0.717) is 12.3 Å². The summed E-state index contributed by atoms with van der Waals surface area (Å²) in [7, 11) is 0. The van der Waals surface area contributed by atoms with Gasteiger partial charge in [0.05, 0.1) is 22.9 Å². The van der Waals surface area contributed by atoms with Gasteiger partial charge in [-0.15, -0.1) is 0 Å². The van der Waals surface area contributed by atoms with Crippen molar-refractivity contribution in [2.75, 3.05) is 5.32 Å². The van der Waals surface area contributed by atoms with Gasteiger partial charge < -0.3 is 5.32 Å². The second-order valence-electron chi connectivity index (χ2n) is 6.03. The van der Waals surface area contributed by atoms with E-state index in [9.17, 15) is 4.79 Å². The van der Waals surface area contributed by atoms with Gasteiger partial charge in [-0.25, -0.2) is 9.97 Å². The minimum absolute atomic E-state index is 0.0363. The molecule has 1 atom stereocenters. The van der Waals surface area contributed by atoms with E-state index in [-0.39, 0.29) is 5.91 Å². The van der Waals surface area contributed by atoms with E-state index in [1.807, 2.05) is 41.0 Å². The number of hydrogen-bond acceptors (Lipinski definition) is 3. The molecule has 0 saturated carbocycles. The number of anilines is 1. The van der Waals surface area contributed by atoms with Crippen molar-refractivity contribution >= 4 is 22.6 Å². The van der Waals surface area contributed by atoms with E-state index in [1.165, 1.54) is 0 Å². The number of aromatic nitrogens is 3. The Morgan fingerprint density at radius 3 is 2.92 bits per heavy atom. The first-order chi connectivity index (χ1) is 11.8. The number of para-hydroxylation sites is 2. The van der Waals surface area contributed by atoms with Crippen LogP contribution in [0.3, 0.4) is 0 Å². The first-order valence-corrected chi connectivity index (χ1v) is 8.14. The quantitative estimate of drug-likeness (QED) is 0.746. The molecule has 0 saturated heterocycles. The lowest BCUT2D eigenvalue weighted by atomic mass is 10.1. The summed E-state index contributed by atoms with van der Waals surface area (Å²) in [6.07, 6.45) is 10.4. The lowest BCUT2D eigenvalue weighted by Crippen LogP contribution is -2.15. The Hall–Kier alpha value is -2.95. The first-order valence-electron chi connectivity index (χ1n) is 8.14. The van der Waals surface area contributed by atoms with Crippen LogP contribution >= 0.6 is 0 Å². The number of nitrogens with zero attached hydrogens (tertiary/aromatic N) is 3. The molecule has 1 aliphatic carbocycles. The highest BCUT2D eigenvalue weighted by Gasteiger charge is 2.14. The van der Waals surface area contributed by atoms with Crippen molar-refractivity contribution in [3.8, 4) is 5.82 Å². The summed E-state index contributed by atoms with van der Waals surface area (Å²) in [5.74, 6) is 1.18. The second-order valence-corrected chi connectivity index (χ2v) is 6.03. The monoisotopic (exact) mass is 318 g/mol. The van der Waals surface area contributed by atoms with Gasteiger partial charge in [0, 0.05) is 6.42 Å². The zero-order valence-corrected chi connectivity index (χ0v) is 13.2. The van der Waals surface area contributed by atoms with Crippen LogP contribution in [0.2, 0.25) is 0 Å². The number of rotatable bonds is 4. The van der Waals surface area contributed by atoms with Crippen LogP contribution in [0.5, 0.6) is 0 Å². The van der Waals surface area contributed by atoms with Crippen molar-refractivity contribution in [3.63, 3.8) is 0 Å². The lowest BCUT2D eigenvalue weighted by molar-refractivity contribution is -0.116. The summed E-state index contributed by atoms with van der Waals surface area (Å²) < 4.78 is 1.93. The van der Waals surface area contributed by atoms with Gasteiger partial charge in [0.2, 0.25) is 5.91 Å². The van der Waals surface area contributed by atoms with Gasteiger partial charge in [0.1, 0.15) is 12.1 Å². The predicted octanol–water partition coefficient (Wildman–Crippen LogP) is 3.72. The van der Waals surface area contributed by atoms with E-state index in [1.54, 1.807) is 12.5 Å². The van der Waals surface area contributed by atoms with Gasteiger partial charge >= 0.3 is 0 Å². The topological polar surface area (TPSA) is 59.8 Å². The molecular weight excluding hydrogens is 300 g/mol. The molecule has 2 aromatic heterocycles. The average Bonchev–Trinajstić information content (AvgIpc) is 3.25. The number of allylic oxidation sites excluding steroid dienone is 2. The maximum Gasteiger partial charge on any atom is 0.225 e. The number of carbonyl (C=O) groups excluding carboxylic acids is 1. The molecule has 1 amide bonds. The van der Waals surface area contributed by atoms with Crippen molar-refractivity contribution in [3.05, 3.63) is 61.1 Å². The van der Waals surface area contributed by atoms with Crippen molar-refractivity contribution < 1.29 is 4.79 Å². The highest BCUT2D eigenvalue weighted by Crippen LogP contribution is 2.21. The molecule has 1 N–H and O–H groups in total.